The van der Waals surface area contributed by atoms with E-state index in [1.807, 2.05) is 19.1 Å². The van der Waals surface area contributed by atoms with Gasteiger partial charge in [-0.1, -0.05) is 25.1 Å². The first-order valence-electron chi connectivity index (χ1n) is 9.82. The van der Waals surface area contributed by atoms with Crippen molar-refractivity contribution >= 4 is 16.7 Å². The Balaban J connectivity index is 1.47. The smallest absolute Gasteiger partial charge is 0.371 e. The monoisotopic (exact) mass is 423 g/mol. The number of nitrogens with zero attached hydrogens (tertiary/aromatic N) is 6. The summed E-state index contributed by atoms with van der Waals surface area (Å²) in [6, 6.07) is 10.00. The van der Waals surface area contributed by atoms with Crippen molar-refractivity contribution in [3.05, 3.63) is 69.2 Å². The van der Waals surface area contributed by atoms with Gasteiger partial charge in [0.05, 0.1) is 23.9 Å². The van der Waals surface area contributed by atoms with E-state index in [0.29, 0.717) is 11.8 Å². The minimum atomic E-state index is -0.490. The molecule has 0 spiro atoms. The fourth-order valence-electron chi connectivity index (χ4n) is 3.35. The second kappa shape index (κ2) is 8.38. The van der Waals surface area contributed by atoms with Crippen LogP contribution in [0.2, 0.25) is 0 Å². The SMILES string of the molecule is CCc1nn(CC(=O)N[C@@H](C)Cn2nnn(-c3ccco3)c2=O)c(=O)c2ccccc12. The van der Waals surface area contributed by atoms with E-state index in [9.17, 15) is 14.4 Å². The van der Waals surface area contributed by atoms with Crippen molar-refractivity contribution in [3.63, 3.8) is 0 Å². The Kier molecular flexibility index (Phi) is 5.48. The maximum Gasteiger partial charge on any atom is 0.371 e. The molecule has 0 bridgehead atoms. The van der Waals surface area contributed by atoms with Gasteiger partial charge in [-0.15, -0.1) is 4.68 Å². The maximum absolute atomic E-state index is 12.7. The average molecular weight is 423 g/mol. The third kappa shape index (κ3) is 4.02. The number of tetrazole rings is 1. The van der Waals surface area contributed by atoms with Gasteiger partial charge < -0.3 is 9.73 Å². The highest BCUT2D eigenvalue weighted by molar-refractivity contribution is 5.84. The number of furan rings is 1. The molecule has 1 amide bonds. The van der Waals surface area contributed by atoms with Crippen LogP contribution in [0.25, 0.3) is 16.7 Å². The summed E-state index contributed by atoms with van der Waals surface area (Å²) in [7, 11) is 0. The predicted octanol–water partition coefficient (Wildman–Crippen LogP) is 0.499. The number of carbonyl (C=O) groups is 1. The maximum atomic E-state index is 12.7. The molecule has 0 aliphatic heterocycles. The number of hydrogen-bond acceptors (Lipinski definition) is 7. The molecule has 1 N–H and O–H groups in total. The van der Waals surface area contributed by atoms with Gasteiger partial charge >= 0.3 is 5.69 Å². The van der Waals surface area contributed by atoms with Crippen molar-refractivity contribution < 1.29 is 9.21 Å². The molecule has 4 rings (SSSR count). The molecular formula is C20H21N7O4. The summed E-state index contributed by atoms with van der Waals surface area (Å²) >= 11 is 0. The third-order valence-corrected chi connectivity index (χ3v) is 4.78. The zero-order valence-corrected chi connectivity index (χ0v) is 17.1. The van der Waals surface area contributed by atoms with Crippen molar-refractivity contribution in [1.82, 2.24) is 34.9 Å². The molecule has 160 valence electrons. The van der Waals surface area contributed by atoms with Crippen LogP contribution in [0.3, 0.4) is 0 Å². The molecule has 1 atom stereocenters. The van der Waals surface area contributed by atoms with Gasteiger partial charge in [-0.25, -0.2) is 9.48 Å². The Morgan fingerprint density at radius 3 is 2.58 bits per heavy atom. The molecule has 3 heterocycles. The van der Waals surface area contributed by atoms with Crippen LogP contribution in [-0.2, 0) is 24.3 Å². The zero-order chi connectivity index (χ0) is 22.0. The molecular weight excluding hydrogens is 402 g/mol. The molecule has 11 heteroatoms. The van der Waals surface area contributed by atoms with Crippen LogP contribution in [0.4, 0.5) is 0 Å². The Bertz CT molecular complexity index is 1330. The molecule has 3 aromatic heterocycles. The van der Waals surface area contributed by atoms with E-state index in [-0.39, 0.29) is 24.5 Å². The molecule has 0 fully saturated rings. The number of carbonyl (C=O) groups excluding carboxylic acids is 1. The van der Waals surface area contributed by atoms with Crippen LogP contribution in [0.5, 0.6) is 0 Å². The zero-order valence-electron chi connectivity index (χ0n) is 17.1. The fourth-order valence-corrected chi connectivity index (χ4v) is 3.35. The molecule has 11 nitrogen and oxygen atoms in total. The number of rotatable bonds is 7. The van der Waals surface area contributed by atoms with Gasteiger partial charge in [-0.3, -0.25) is 9.59 Å². The molecule has 0 radical (unpaired) electrons. The van der Waals surface area contributed by atoms with E-state index in [1.54, 1.807) is 31.2 Å². The second-order valence-corrected chi connectivity index (χ2v) is 7.08. The van der Waals surface area contributed by atoms with Crippen molar-refractivity contribution in [2.75, 3.05) is 0 Å². The Hall–Kier alpha value is -4.02. The Labute approximate surface area is 175 Å². The highest BCUT2D eigenvalue weighted by atomic mass is 16.3. The fraction of sp³-hybridized carbons (Fsp3) is 0.300. The first-order chi connectivity index (χ1) is 15.0. The lowest BCUT2D eigenvalue weighted by atomic mass is 10.1. The molecule has 31 heavy (non-hydrogen) atoms. The van der Waals surface area contributed by atoms with Crippen molar-refractivity contribution in [3.8, 4) is 5.88 Å². The predicted molar refractivity (Wildman–Crippen MR) is 111 cm³/mol. The van der Waals surface area contributed by atoms with Crippen LogP contribution in [0, 0.1) is 0 Å². The standard InChI is InChI=1S/C20H21N7O4/c1-3-16-14-7-4-5-8-15(14)19(29)25(22-16)12-17(28)21-13(2)11-26-20(30)27(24-23-26)18-9-6-10-31-18/h4-10,13H,3,11-12H2,1-2H3,(H,21,28)/t13-/m0/s1. The Morgan fingerprint density at radius 2 is 1.87 bits per heavy atom. The van der Waals surface area contributed by atoms with E-state index < -0.39 is 17.6 Å². The summed E-state index contributed by atoms with van der Waals surface area (Å²) in [6.45, 7) is 3.55. The van der Waals surface area contributed by atoms with E-state index in [4.69, 9.17) is 4.42 Å². The van der Waals surface area contributed by atoms with Crippen molar-refractivity contribution in [2.24, 2.45) is 0 Å². The molecule has 0 aliphatic carbocycles. The van der Waals surface area contributed by atoms with E-state index >= 15 is 0 Å². The van der Waals surface area contributed by atoms with Gasteiger partial charge in [0.15, 0.2) is 0 Å². The van der Waals surface area contributed by atoms with Crippen LogP contribution >= 0.6 is 0 Å². The van der Waals surface area contributed by atoms with Crippen LogP contribution in [0.1, 0.15) is 19.5 Å². The highest BCUT2D eigenvalue weighted by Crippen LogP contribution is 2.13. The van der Waals surface area contributed by atoms with Crippen LogP contribution < -0.4 is 16.6 Å². The normalized spacial score (nSPS) is 12.2. The third-order valence-electron chi connectivity index (χ3n) is 4.78. The van der Waals surface area contributed by atoms with Gasteiger partial charge in [0.1, 0.15) is 6.54 Å². The number of fused-ring (bicyclic) bond motifs is 1. The first kappa shape index (κ1) is 20.3. The summed E-state index contributed by atoms with van der Waals surface area (Å²) in [6.07, 6.45) is 2.06. The van der Waals surface area contributed by atoms with Gasteiger partial charge in [-0.2, -0.15) is 9.78 Å². The molecule has 0 aliphatic rings. The van der Waals surface area contributed by atoms with E-state index in [1.165, 1.54) is 10.9 Å². The summed E-state index contributed by atoms with van der Waals surface area (Å²) < 4.78 is 8.47. The number of benzene rings is 1. The van der Waals surface area contributed by atoms with Crippen LogP contribution in [0.15, 0.2) is 56.7 Å². The summed E-state index contributed by atoms with van der Waals surface area (Å²) in [4.78, 5) is 37.6. The summed E-state index contributed by atoms with van der Waals surface area (Å²) in [5, 5.41) is 16.0. The van der Waals surface area contributed by atoms with E-state index in [0.717, 1.165) is 20.4 Å². The van der Waals surface area contributed by atoms with Crippen molar-refractivity contribution in [1.29, 1.82) is 0 Å². The lowest BCUT2D eigenvalue weighted by molar-refractivity contribution is -0.122. The highest BCUT2D eigenvalue weighted by Gasteiger charge is 2.16. The lowest BCUT2D eigenvalue weighted by Gasteiger charge is -2.14. The number of hydrogen-bond donors (Lipinski definition) is 1. The topological polar surface area (TPSA) is 130 Å². The van der Waals surface area contributed by atoms with Gasteiger partial charge in [-0.05, 0) is 35.9 Å². The molecule has 0 unspecified atom stereocenters. The van der Waals surface area contributed by atoms with Crippen LogP contribution in [-0.4, -0.2) is 41.5 Å². The van der Waals surface area contributed by atoms with E-state index in [2.05, 4.69) is 20.8 Å². The summed E-state index contributed by atoms with van der Waals surface area (Å²) in [5.74, 6) is -0.146. The largest absolute Gasteiger partial charge is 0.446 e. The number of amides is 1. The quantitative estimate of drug-likeness (QED) is 0.458. The van der Waals surface area contributed by atoms with Crippen molar-refractivity contribution in [2.45, 2.75) is 39.4 Å². The van der Waals surface area contributed by atoms with Gasteiger partial charge in [0.2, 0.25) is 11.8 Å². The van der Waals surface area contributed by atoms with Gasteiger partial charge in [0.25, 0.3) is 5.56 Å². The minimum absolute atomic E-state index is 0.103. The average Bonchev–Trinajstić information content (AvgIpc) is 3.40. The lowest BCUT2D eigenvalue weighted by Crippen LogP contribution is -2.42. The molecule has 0 saturated heterocycles. The van der Waals surface area contributed by atoms with Gasteiger partial charge in [0, 0.05) is 17.5 Å². The number of aryl methyl sites for hydroxylation is 1. The minimum Gasteiger partial charge on any atom is -0.446 e. The Morgan fingerprint density at radius 1 is 1.10 bits per heavy atom. The number of nitrogens with one attached hydrogen (secondary N) is 1. The second-order valence-electron chi connectivity index (χ2n) is 7.08. The molecule has 1 aromatic carbocycles. The molecule has 0 saturated carbocycles. The molecule has 4 aromatic rings. The summed E-state index contributed by atoms with van der Waals surface area (Å²) in [5.41, 5.74) is -0.0681. The number of aromatic nitrogens is 6. The first-order valence-corrected chi connectivity index (χ1v) is 9.82.